The number of aldehydes is 1. The van der Waals surface area contributed by atoms with Gasteiger partial charge in [0.1, 0.15) is 12.1 Å². The number of nitrogens with zero attached hydrogens (tertiary/aromatic N) is 2. The quantitative estimate of drug-likeness (QED) is 0.845. The lowest BCUT2D eigenvalue weighted by atomic mass is 10.1. The zero-order chi connectivity index (χ0) is 13.9. The minimum atomic E-state index is 0.431. The van der Waals surface area contributed by atoms with E-state index in [-0.39, 0.29) is 0 Å². The predicted molar refractivity (Wildman–Crippen MR) is 78.7 cm³/mol. The molecule has 102 valence electrons. The molecule has 4 nitrogen and oxygen atoms in total. The van der Waals surface area contributed by atoms with Crippen LogP contribution in [0.15, 0.2) is 36.7 Å². The predicted octanol–water partition coefficient (Wildman–Crippen LogP) is 3.17. The van der Waals surface area contributed by atoms with E-state index >= 15 is 0 Å². The van der Waals surface area contributed by atoms with Crippen molar-refractivity contribution >= 4 is 12.1 Å². The van der Waals surface area contributed by atoms with Crippen LogP contribution in [0, 0.1) is 5.92 Å². The summed E-state index contributed by atoms with van der Waals surface area (Å²) in [6, 6.07) is 7.83. The molecule has 1 unspecified atom stereocenters. The Labute approximate surface area is 118 Å². The Morgan fingerprint density at radius 1 is 1.35 bits per heavy atom. The molecule has 4 heteroatoms. The summed E-state index contributed by atoms with van der Waals surface area (Å²) < 4.78 is 0. The number of nitrogens with one attached hydrogen (secondary N) is 1. The minimum Gasteiger partial charge on any atom is -0.366 e. The van der Waals surface area contributed by atoms with E-state index in [1.165, 1.54) is 12.8 Å². The average molecular weight is 267 g/mol. The van der Waals surface area contributed by atoms with Crippen LogP contribution < -0.4 is 5.32 Å². The van der Waals surface area contributed by atoms with Gasteiger partial charge in [-0.25, -0.2) is 4.98 Å². The third-order valence-electron chi connectivity index (χ3n) is 3.66. The van der Waals surface area contributed by atoms with Gasteiger partial charge in [0.05, 0.1) is 18.1 Å². The van der Waals surface area contributed by atoms with Crippen LogP contribution in [0.5, 0.6) is 0 Å². The molecule has 1 atom stereocenters. The molecule has 0 radical (unpaired) electrons. The number of benzene rings is 1. The highest BCUT2D eigenvalue weighted by molar-refractivity contribution is 5.78. The molecule has 20 heavy (non-hydrogen) atoms. The smallest absolute Gasteiger partial charge is 0.150 e. The van der Waals surface area contributed by atoms with Crippen molar-refractivity contribution in [1.82, 2.24) is 9.97 Å². The molecular weight excluding hydrogens is 250 g/mol. The van der Waals surface area contributed by atoms with Gasteiger partial charge in [0.2, 0.25) is 0 Å². The Hall–Kier alpha value is -2.23. The van der Waals surface area contributed by atoms with Crippen molar-refractivity contribution in [2.24, 2.45) is 5.92 Å². The van der Waals surface area contributed by atoms with E-state index < -0.39 is 0 Å². The molecule has 1 aromatic carbocycles. The van der Waals surface area contributed by atoms with Gasteiger partial charge in [0.25, 0.3) is 0 Å². The van der Waals surface area contributed by atoms with E-state index in [9.17, 15) is 4.79 Å². The number of carbonyl (C=O) groups excluding carboxylic acids is 1. The van der Waals surface area contributed by atoms with Crippen molar-refractivity contribution < 1.29 is 4.79 Å². The summed E-state index contributed by atoms with van der Waals surface area (Å²) >= 11 is 0. The molecule has 3 rings (SSSR count). The molecular formula is C16H17N3O. The van der Waals surface area contributed by atoms with Crippen LogP contribution >= 0.6 is 0 Å². The van der Waals surface area contributed by atoms with Gasteiger partial charge in [-0.15, -0.1) is 0 Å². The van der Waals surface area contributed by atoms with Gasteiger partial charge in [-0.05, 0) is 31.7 Å². The highest BCUT2D eigenvalue weighted by Gasteiger charge is 2.28. The van der Waals surface area contributed by atoms with E-state index in [0.717, 1.165) is 29.3 Å². The van der Waals surface area contributed by atoms with E-state index in [2.05, 4.69) is 22.2 Å². The fourth-order valence-electron chi connectivity index (χ4n) is 2.29. The van der Waals surface area contributed by atoms with Gasteiger partial charge >= 0.3 is 0 Å². The summed E-state index contributed by atoms with van der Waals surface area (Å²) in [4.78, 5) is 19.7. The molecule has 1 fully saturated rings. The second-order valence-electron chi connectivity index (χ2n) is 5.30. The molecule has 1 aliphatic carbocycles. The van der Waals surface area contributed by atoms with Gasteiger partial charge in [-0.2, -0.15) is 0 Å². The van der Waals surface area contributed by atoms with Gasteiger partial charge in [-0.1, -0.05) is 18.2 Å². The maximum Gasteiger partial charge on any atom is 0.150 e. The molecule has 2 aromatic rings. The second kappa shape index (κ2) is 5.41. The fraction of sp³-hybridized carbons (Fsp3) is 0.312. The number of hydrogen-bond acceptors (Lipinski definition) is 4. The highest BCUT2D eigenvalue weighted by Crippen LogP contribution is 2.33. The van der Waals surface area contributed by atoms with Crippen LogP contribution in [0.3, 0.4) is 0 Å². The second-order valence-corrected chi connectivity index (χ2v) is 5.30. The van der Waals surface area contributed by atoms with E-state index in [1.807, 2.05) is 18.2 Å². The lowest BCUT2D eigenvalue weighted by Gasteiger charge is -2.13. The first-order valence-corrected chi connectivity index (χ1v) is 6.90. The number of hydrogen-bond donors (Lipinski definition) is 1. The summed E-state index contributed by atoms with van der Waals surface area (Å²) in [5.74, 6) is 1.55. The molecule has 0 aliphatic heterocycles. The zero-order valence-electron chi connectivity index (χ0n) is 11.4. The third kappa shape index (κ3) is 2.85. The Kier molecular flexibility index (Phi) is 3.46. The molecule has 0 bridgehead atoms. The number of aromatic nitrogens is 2. The van der Waals surface area contributed by atoms with Crippen LogP contribution in [0.4, 0.5) is 5.82 Å². The largest absolute Gasteiger partial charge is 0.366 e. The first kappa shape index (κ1) is 12.8. The lowest BCUT2D eigenvalue weighted by Crippen LogP contribution is -2.18. The first-order valence-electron chi connectivity index (χ1n) is 6.90. The van der Waals surface area contributed by atoms with Crippen molar-refractivity contribution in [1.29, 1.82) is 0 Å². The van der Waals surface area contributed by atoms with Gasteiger partial charge in [-0.3, -0.25) is 9.78 Å². The molecule has 1 saturated carbocycles. The Balaban J connectivity index is 1.84. The molecule has 0 saturated heterocycles. The Morgan fingerprint density at radius 2 is 2.20 bits per heavy atom. The van der Waals surface area contributed by atoms with E-state index in [1.54, 1.807) is 18.5 Å². The van der Waals surface area contributed by atoms with Crippen molar-refractivity contribution in [2.45, 2.75) is 25.8 Å². The first-order chi connectivity index (χ1) is 9.76. The van der Waals surface area contributed by atoms with Gasteiger partial charge in [0.15, 0.2) is 0 Å². The molecule has 0 spiro atoms. The summed E-state index contributed by atoms with van der Waals surface area (Å²) in [7, 11) is 0. The van der Waals surface area contributed by atoms with Crippen LogP contribution in [0.25, 0.3) is 11.3 Å². The van der Waals surface area contributed by atoms with Crippen LogP contribution in [-0.2, 0) is 0 Å². The fourth-order valence-corrected chi connectivity index (χ4v) is 2.29. The highest BCUT2D eigenvalue weighted by atomic mass is 16.1. The standard InChI is InChI=1S/C16H17N3O/c1-11(13-5-6-13)18-16-9-17-8-15(19-16)14-4-2-3-12(7-14)10-20/h2-4,7-11,13H,5-6H2,1H3,(H,18,19). The number of carbonyl (C=O) groups is 1. The third-order valence-corrected chi connectivity index (χ3v) is 3.66. The Morgan fingerprint density at radius 3 is 2.95 bits per heavy atom. The van der Waals surface area contributed by atoms with Crippen molar-refractivity contribution in [2.75, 3.05) is 5.32 Å². The van der Waals surface area contributed by atoms with Gasteiger partial charge in [0, 0.05) is 17.2 Å². The van der Waals surface area contributed by atoms with Crippen molar-refractivity contribution in [3.8, 4) is 11.3 Å². The van der Waals surface area contributed by atoms with Crippen molar-refractivity contribution in [3.63, 3.8) is 0 Å². The number of anilines is 1. The van der Waals surface area contributed by atoms with Crippen LogP contribution in [-0.4, -0.2) is 22.3 Å². The minimum absolute atomic E-state index is 0.431. The summed E-state index contributed by atoms with van der Waals surface area (Å²) in [5.41, 5.74) is 2.33. The topological polar surface area (TPSA) is 54.9 Å². The SMILES string of the molecule is CC(Nc1cncc(-c2cccc(C=O)c2)n1)C1CC1. The number of rotatable bonds is 5. The zero-order valence-corrected chi connectivity index (χ0v) is 11.4. The van der Waals surface area contributed by atoms with E-state index in [4.69, 9.17) is 0 Å². The average Bonchev–Trinajstić information content (AvgIpc) is 3.32. The maximum atomic E-state index is 10.8. The van der Waals surface area contributed by atoms with Gasteiger partial charge < -0.3 is 5.32 Å². The van der Waals surface area contributed by atoms with Crippen LogP contribution in [0.1, 0.15) is 30.1 Å². The maximum absolute atomic E-state index is 10.8. The normalized spacial score (nSPS) is 15.7. The summed E-state index contributed by atoms with van der Waals surface area (Å²) in [5, 5.41) is 3.40. The van der Waals surface area contributed by atoms with E-state index in [0.29, 0.717) is 11.6 Å². The molecule has 1 N–H and O–H groups in total. The van der Waals surface area contributed by atoms with Crippen LogP contribution in [0.2, 0.25) is 0 Å². The molecule has 1 heterocycles. The lowest BCUT2D eigenvalue weighted by molar-refractivity contribution is 0.112. The monoisotopic (exact) mass is 267 g/mol. The molecule has 1 aliphatic rings. The molecule has 1 aromatic heterocycles. The van der Waals surface area contributed by atoms with Crippen molar-refractivity contribution in [3.05, 3.63) is 42.2 Å². The Bertz CT molecular complexity index is 623. The summed E-state index contributed by atoms with van der Waals surface area (Å²) in [6.07, 6.45) is 6.89. The molecule has 0 amide bonds. The summed E-state index contributed by atoms with van der Waals surface area (Å²) in [6.45, 7) is 2.18.